The molecule has 34 heavy (non-hydrogen) atoms. The molecule has 1 saturated heterocycles. The van der Waals surface area contributed by atoms with Crippen molar-refractivity contribution in [1.82, 2.24) is 19.6 Å². The maximum Gasteiger partial charge on any atom is 0.257 e. The molecule has 178 valence electrons. The summed E-state index contributed by atoms with van der Waals surface area (Å²) in [5.41, 5.74) is 5.49. The van der Waals surface area contributed by atoms with Crippen molar-refractivity contribution in [2.24, 2.45) is 0 Å². The molecular formula is C28H33ClN4O. The van der Waals surface area contributed by atoms with Crippen molar-refractivity contribution in [1.29, 1.82) is 0 Å². The Balaban J connectivity index is 1.54. The Bertz CT molecular complexity index is 1170. The van der Waals surface area contributed by atoms with Gasteiger partial charge in [-0.3, -0.25) is 4.79 Å². The average Bonchev–Trinajstić information content (AvgIpc) is 2.98. The zero-order valence-electron chi connectivity index (χ0n) is 20.3. The van der Waals surface area contributed by atoms with Crippen molar-refractivity contribution in [2.45, 2.75) is 33.6 Å². The van der Waals surface area contributed by atoms with E-state index in [0.29, 0.717) is 0 Å². The number of rotatable bonds is 6. The van der Waals surface area contributed by atoms with Gasteiger partial charge in [0.05, 0.1) is 22.6 Å². The first-order valence-electron chi connectivity index (χ1n) is 12.1. The van der Waals surface area contributed by atoms with Crippen LogP contribution >= 0.6 is 11.6 Å². The molecule has 0 bridgehead atoms. The zero-order chi connectivity index (χ0) is 24.1. The van der Waals surface area contributed by atoms with Crippen molar-refractivity contribution < 1.29 is 4.79 Å². The van der Waals surface area contributed by atoms with E-state index < -0.39 is 0 Å². The quantitative estimate of drug-likeness (QED) is 0.418. The van der Waals surface area contributed by atoms with Gasteiger partial charge in [0.15, 0.2) is 0 Å². The first-order valence-corrected chi connectivity index (χ1v) is 12.5. The van der Waals surface area contributed by atoms with Crippen LogP contribution in [0.15, 0.2) is 48.5 Å². The third-order valence-corrected chi connectivity index (χ3v) is 6.63. The topological polar surface area (TPSA) is 41.4 Å². The summed E-state index contributed by atoms with van der Waals surface area (Å²) < 4.78 is 1.89. The highest BCUT2D eigenvalue weighted by atomic mass is 35.5. The Morgan fingerprint density at radius 2 is 1.76 bits per heavy atom. The van der Waals surface area contributed by atoms with E-state index in [0.717, 1.165) is 84.4 Å². The molecule has 0 unspecified atom stereocenters. The van der Waals surface area contributed by atoms with Crippen LogP contribution in [0.5, 0.6) is 0 Å². The number of aromatic nitrogens is 2. The Kier molecular flexibility index (Phi) is 7.86. The molecule has 2 heterocycles. The summed E-state index contributed by atoms with van der Waals surface area (Å²) >= 11 is 5.98. The second-order valence-electron chi connectivity index (χ2n) is 8.92. The lowest BCUT2D eigenvalue weighted by atomic mass is 10.1. The van der Waals surface area contributed by atoms with E-state index in [4.69, 9.17) is 16.7 Å². The predicted octanol–water partition coefficient (Wildman–Crippen LogP) is 5.87. The number of amides is 1. The van der Waals surface area contributed by atoms with Gasteiger partial charge in [0.25, 0.3) is 5.91 Å². The zero-order valence-corrected chi connectivity index (χ0v) is 21.1. The molecule has 1 amide bonds. The summed E-state index contributed by atoms with van der Waals surface area (Å²) in [6.45, 7) is 10.8. The predicted molar refractivity (Wildman–Crippen MR) is 141 cm³/mol. The van der Waals surface area contributed by atoms with Crippen molar-refractivity contribution in [3.05, 3.63) is 81.6 Å². The fourth-order valence-electron chi connectivity index (χ4n) is 4.60. The monoisotopic (exact) mass is 476 g/mol. The highest BCUT2D eigenvalue weighted by Crippen LogP contribution is 2.22. The second kappa shape index (κ2) is 11.0. The fraction of sp³-hybridized carbons (Fsp3) is 0.357. The van der Waals surface area contributed by atoms with E-state index >= 15 is 0 Å². The summed E-state index contributed by atoms with van der Waals surface area (Å²) in [7, 11) is 0. The van der Waals surface area contributed by atoms with Crippen molar-refractivity contribution in [3.63, 3.8) is 0 Å². The second-order valence-corrected chi connectivity index (χ2v) is 9.36. The van der Waals surface area contributed by atoms with Crippen LogP contribution in [0, 0.1) is 13.8 Å². The average molecular weight is 477 g/mol. The van der Waals surface area contributed by atoms with Crippen LogP contribution < -0.4 is 0 Å². The Morgan fingerprint density at radius 1 is 1.00 bits per heavy atom. The first kappa shape index (κ1) is 24.2. The largest absolute Gasteiger partial charge is 0.337 e. The number of benzene rings is 2. The number of halogens is 1. The molecule has 4 rings (SSSR count). The van der Waals surface area contributed by atoms with Gasteiger partial charge in [-0.25, -0.2) is 4.68 Å². The summed E-state index contributed by atoms with van der Waals surface area (Å²) in [5.74, 6) is 0.0957. The van der Waals surface area contributed by atoms with Gasteiger partial charge in [-0.2, -0.15) is 5.10 Å². The van der Waals surface area contributed by atoms with Crippen molar-refractivity contribution >= 4 is 29.7 Å². The number of carbonyl (C=O) groups is 1. The van der Waals surface area contributed by atoms with Crippen molar-refractivity contribution in [3.8, 4) is 5.69 Å². The normalized spacial score (nSPS) is 15.1. The lowest BCUT2D eigenvalue weighted by Crippen LogP contribution is -2.35. The van der Waals surface area contributed by atoms with Gasteiger partial charge in [-0.05, 0) is 75.2 Å². The molecule has 0 aliphatic carbocycles. The molecule has 2 aromatic carbocycles. The fourth-order valence-corrected chi connectivity index (χ4v) is 4.73. The minimum absolute atomic E-state index is 0.0957. The molecule has 0 atom stereocenters. The minimum atomic E-state index is 0.0957. The van der Waals surface area contributed by atoms with Crippen LogP contribution in [-0.4, -0.2) is 58.2 Å². The summed E-state index contributed by atoms with van der Waals surface area (Å²) in [5, 5.41) is 5.48. The third-order valence-electron chi connectivity index (χ3n) is 6.37. The molecule has 0 N–H and O–H groups in total. The van der Waals surface area contributed by atoms with Crippen LogP contribution in [0.4, 0.5) is 0 Å². The molecule has 1 aromatic heterocycles. The molecule has 0 radical (unpaired) electrons. The lowest BCUT2D eigenvalue weighted by Gasteiger charge is -2.22. The van der Waals surface area contributed by atoms with Gasteiger partial charge < -0.3 is 9.80 Å². The van der Waals surface area contributed by atoms with Crippen LogP contribution in [0.3, 0.4) is 0 Å². The lowest BCUT2D eigenvalue weighted by molar-refractivity contribution is 0.0760. The van der Waals surface area contributed by atoms with E-state index in [-0.39, 0.29) is 5.91 Å². The van der Waals surface area contributed by atoms with Crippen LogP contribution in [0.1, 0.15) is 52.6 Å². The van der Waals surface area contributed by atoms with Crippen LogP contribution in [0.2, 0.25) is 5.02 Å². The Labute approximate surface area is 207 Å². The molecule has 1 aliphatic heterocycles. The van der Waals surface area contributed by atoms with Crippen molar-refractivity contribution in [2.75, 3.05) is 32.7 Å². The minimum Gasteiger partial charge on any atom is -0.337 e. The standard InChI is InChI=1S/C28H33ClN4O/c1-4-15-31-16-6-17-32(19-18-31)28(34)27-21(2)30-33(22(27)3)26-8-5-7-24(20-26)10-9-23-11-13-25(29)14-12-23/h5,7-14,20H,4,6,15-19H2,1-3H3/b10-9+. The Hall–Kier alpha value is -2.89. The molecule has 0 saturated carbocycles. The number of hydrogen-bond donors (Lipinski definition) is 0. The van der Waals surface area contributed by atoms with Crippen LogP contribution in [-0.2, 0) is 0 Å². The van der Waals surface area contributed by atoms with Crippen LogP contribution in [0.25, 0.3) is 17.8 Å². The molecule has 0 spiro atoms. The number of nitrogens with zero attached hydrogens (tertiary/aromatic N) is 4. The number of carbonyl (C=O) groups excluding carboxylic acids is 1. The van der Waals surface area contributed by atoms with Gasteiger partial charge in [0.1, 0.15) is 0 Å². The highest BCUT2D eigenvalue weighted by Gasteiger charge is 2.26. The van der Waals surface area contributed by atoms with E-state index in [2.05, 4.69) is 36.1 Å². The highest BCUT2D eigenvalue weighted by molar-refractivity contribution is 6.30. The van der Waals surface area contributed by atoms with Gasteiger partial charge in [-0.1, -0.05) is 54.9 Å². The number of aryl methyl sites for hydroxylation is 1. The van der Waals surface area contributed by atoms with Gasteiger partial charge in [0, 0.05) is 24.7 Å². The molecule has 1 aliphatic rings. The molecular weight excluding hydrogens is 444 g/mol. The Morgan fingerprint density at radius 3 is 2.53 bits per heavy atom. The van der Waals surface area contributed by atoms with E-state index in [1.54, 1.807) is 0 Å². The summed E-state index contributed by atoms with van der Waals surface area (Å²) in [6, 6.07) is 16.0. The third kappa shape index (κ3) is 5.60. The summed E-state index contributed by atoms with van der Waals surface area (Å²) in [6.07, 6.45) is 6.30. The summed E-state index contributed by atoms with van der Waals surface area (Å²) in [4.78, 5) is 17.9. The molecule has 1 fully saturated rings. The smallest absolute Gasteiger partial charge is 0.257 e. The maximum absolute atomic E-state index is 13.5. The molecule has 6 heteroatoms. The van der Waals surface area contributed by atoms with Gasteiger partial charge in [-0.15, -0.1) is 0 Å². The maximum atomic E-state index is 13.5. The van der Waals surface area contributed by atoms with Gasteiger partial charge >= 0.3 is 0 Å². The molecule has 3 aromatic rings. The first-order chi connectivity index (χ1) is 16.5. The van der Waals surface area contributed by atoms with E-state index in [9.17, 15) is 4.79 Å². The SMILES string of the molecule is CCCN1CCCN(C(=O)c2c(C)nn(-c3cccc(/C=C/c4ccc(Cl)cc4)c3)c2C)CC1. The van der Waals surface area contributed by atoms with Gasteiger partial charge in [0.2, 0.25) is 0 Å². The van der Waals surface area contributed by atoms with E-state index in [1.165, 1.54) is 0 Å². The number of hydrogen-bond acceptors (Lipinski definition) is 3. The van der Waals surface area contributed by atoms with E-state index in [1.807, 2.05) is 59.8 Å². The molecule has 5 nitrogen and oxygen atoms in total.